The van der Waals surface area contributed by atoms with Crippen molar-refractivity contribution in [1.82, 2.24) is 10.6 Å². The minimum absolute atomic E-state index is 0.104. The molecule has 98 valence electrons. The van der Waals surface area contributed by atoms with Gasteiger partial charge in [-0.05, 0) is 0 Å². The van der Waals surface area contributed by atoms with Crippen LogP contribution in [0, 0.1) is 0 Å². The van der Waals surface area contributed by atoms with Crippen LogP contribution in [-0.2, 0) is 24.5 Å². The average molecular weight is 268 g/mol. The third-order valence-electron chi connectivity index (χ3n) is 1.60. The lowest BCUT2D eigenvalue weighted by Crippen LogP contribution is -2.48. The SMILES string of the molecule is O=CNC(CS(=O)(=O)O)C(=O)NCCC(=O)O. The Morgan fingerprint density at radius 2 is 1.94 bits per heavy atom. The number of carboxylic acid groups (broad SMARTS) is 1. The van der Waals surface area contributed by atoms with Crippen molar-refractivity contribution in [3.05, 3.63) is 0 Å². The Hall–Kier alpha value is -1.68. The summed E-state index contributed by atoms with van der Waals surface area (Å²) in [5, 5.41) is 12.3. The Morgan fingerprint density at radius 3 is 2.35 bits per heavy atom. The molecule has 9 nitrogen and oxygen atoms in total. The number of aliphatic carboxylic acids is 1. The van der Waals surface area contributed by atoms with Gasteiger partial charge in [-0.3, -0.25) is 18.9 Å². The molecule has 0 aromatic heterocycles. The molecule has 10 heteroatoms. The van der Waals surface area contributed by atoms with Crippen molar-refractivity contribution in [3.8, 4) is 0 Å². The number of rotatable bonds is 8. The van der Waals surface area contributed by atoms with Crippen LogP contribution in [0.4, 0.5) is 0 Å². The second kappa shape index (κ2) is 6.81. The molecular formula is C7H12N2O7S. The molecule has 1 unspecified atom stereocenters. The molecule has 2 amide bonds. The van der Waals surface area contributed by atoms with E-state index in [1.165, 1.54) is 0 Å². The van der Waals surface area contributed by atoms with Crippen LogP contribution in [0.3, 0.4) is 0 Å². The van der Waals surface area contributed by atoms with Crippen molar-refractivity contribution >= 4 is 28.4 Å². The van der Waals surface area contributed by atoms with Crippen LogP contribution in [0.25, 0.3) is 0 Å². The predicted molar refractivity (Wildman–Crippen MR) is 54.7 cm³/mol. The molecule has 0 aliphatic rings. The second-order valence-electron chi connectivity index (χ2n) is 3.02. The van der Waals surface area contributed by atoms with Crippen molar-refractivity contribution in [1.29, 1.82) is 0 Å². The zero-order chi connectivity index (χ0) is 13.5. The second-order valence-corrected chi connectivity index (χ2v) is 4.52. The van der Waals surface area contributed by atoms with Gasteiger partial charge in [0.25, 0.3) is 10.1 Å². The molecule has 0 radical (unpaired) electrons. The van der Waals surface area contributed by atoms with Crippen LogP contribution in [-0.4, -0.2) is 54.7 Å². The molecule has 0 spiro atoms. The molecule has 0 aliphatic carbocycles. The van der Waals surface area contributed by atoms with E-state index in [0.717, 1.165) is 0 Å². The maximum absolute atomic E-state index is 11.3. The highest BCUT2D eigenvalue weighted by molar-refractivity contribution is 7.85. The van der Waals surface area contributed by atoms with Gasteiger partial charge < -0.3 is 15.7 Å². The van der Waals surface area contributed by atoms with E-state index < -0.39 is 33.8 Å². The summed E-state index contributed by atoms with van der Waals surface area (Å²) in [6.45, 7) is -0.212. The third kappa shape index (κ3) is 8.16. The molecule has 0 bridgehead atoms. The molecule has 0 saturated carbocycles. The van der Waals surface area contributed by atoms with E-state index in [9.17, 15) is 22.8 Å². The predicted octanol–water partition coefficient (Wildman–Crippen LogP) is -2.42. The zero-order valence-electron chi connectivity index (χ0n) is 8.62. The van der Waals surface area contributed by atoms with E-state index >= 15 is 0 Å². The lowest BCUT2D eigenvalue weighted by atomic mass is 10.3. The largest absolute Gasteiger partial charge is 0.481 e. The van der Waals surface area contributed by atoms with E-state index in [-0.39, 0.29) is 19.4 Å². The van der Waals surface area contributed by atoms with Gasteiger partial charge in [0.15, 0.2) is 0 Å². The quantitative estimate of drug-likeness (QED) is 0.282. The molecule has 0 rings (SSSR count). The molecular weight excluding hydrogens is 256 g/mol. The van der Waals surface area contributed by atoms with Crippen molar-refractivity contribution in [2.75, 3.05) is 12.3 Å². The van der Waals surface area contributed by atoms with Gasteiger partial charge in [0.1, 0.15) is 11.8 Å². The molecule has 17 heavy (non-hydrogen) atoms. The summed E-state index contributed by atoms with van der Waals surface area (Å²) >= 11 is 0. The van der Waals surface area contributed by atoms with Gasteiger partial charge in [0, 0.05) is 6.54 Å². The summed E-state index contributed by atoms with van der Waals surface area (Å²) in [6.07, 6.45) is -0.238. The number of hydrogen-bond donors (Lipinski definition) is 4. The van der Waals surface area contributed by atoms with Gasteiger partial charge in [-0.2, -0.15) is 8.42 Å². The standard InChI is InChI=1S/C7H12N2O7S/c10-4-9-5(3-17(14,15)16)7(13)8-2-1-6(11)12/h4-5H,1-3H2,(H,8,13)(H,9,10)(H,11,12)(H,14,15,16). The summed E-state index contributed by atoms with van der Waals surface area (Å²) in [7, 11) is -4.43. The van der Waals surface area contributed by atoms with Gasteiger partial charge in [-0.1, -0.05) is 0 Å². The Kier molecular flexibility index (Phi) is 6.13. The highest BCUT2D eigenvalue weighted by Crippen LogP contribution is 1.91. The first-order valence-electron chi connectivity index (χ1n) is 4.40. The average Bonchev–Trinajstić information content (AvgIpc) is 2.14. The number of carboxylic acids is 1. The first kappa shape index (κ1) is 15.3. The molecule has 0 aliphatic heterocycles. The number of carbonyl (C=O) groups is 3. The van der Waals surface area contributed by atoms with Crippen LogP contribution in [0.15, 0.2) is 0 Å². The number of amides is 2. The first-order chi connectivity index (χ1) is 7.76. The fourth-order valence-corrected chi connectivity index (χ4v) is 1.58. The van der Waals surface area contributed by atoms with E-state index in [0.29, 0.717) is 0 Å². The minimum Gasteiger partial charge on any atom is -0.481 e. The number of carbonyl (C=O) groups excluding carboxylic acids is 2. The van der Waals surface area contributed by atoms with Crippen molar-refractivity contribution < 1.29 is 32.5 Å². The Labute approximate surface area is 96.9 Å². The molecule has 1 atom stereocenters. The van der Waals surface area contributed by atoms with Gasteiger partial charge in [-0.15, -0.1) is 0 Å². The van der Waals surface area contributed by atoms with Gasteiger partial charge in [0.05, 0.1) is 6.42 Å². The maximum atomic E-state index is 11.3. The van der Waals surface area contributed by atoms with Crippen LogP contribution in [0.2, 0.25) is 0 Å². The Bertz CT molecular complexity index is 391. The Morgan fingerprint density at radius 1 is 1.35 bits per heavy atom. The summed E-state index contributed by atoms with van der Waals surface area (Å²) in [4.78, 5) is 31.6. The topological polar surface area (TPSA) is 150 Å². The number of nitrogens with one attached hydrogen (secondary N) is 2. The van der Waals surface area contributed by atoms with Crippen molar-refractivity contribution in [2.24, 2.45) is 0 Å². The Balaban J connectivity index is 4.34. The summed E-state index contributed by atoms with van der Waals surface area (Å²) in [6, 6.07) is -1.46. The fraction of sp³-hybridized carbons (Fsp3) is 0.571. The van der Waals surface area contributed by atoms with Gasteiger partial charge >= 0.3 is 5.97 Å². The molecule has 0 aromatic rings. The van der Waals surface area contributed by atoms with Crippen LogP contribution >= 0.6 is 0 Å². The monoisotopic (exact) mass is 268 g/mol. The van der Waals surface area contributed by atoms with Crippen LogP contribution < -0.4 is 10.6 Å². The maximum Gasteiger partial charge on any atom is 0.305 e. The number of hydrogen-bond acceptors (Lipinski definition) is 5. The molecule has 0 fully saturated rings. The van der Waals surface area contributed by atoms with Gasteiger partial charge in [-0.25, -0.2) is 0 Å². The fourth-order valence-electron chi connectivity index (χ4n) is 0.908. The summed E-state index contributed by atoms with van der Waals surface area (Å²) in [5.74, 6) is -3.01. The van der Waals surface area contributed by atoms with E-state index in [1.807, 2.05) is 5.32 Å². The zero-order valence-corrected chi connectivity index (χ0v) is 9.44. The lowest BCUT2D eigenvalue weighted by molar-refractivity contribution is -0.137. The smallest absolute Gasteiger partial charge is 0.305 e. The normalized spacial score (nSPS) is 12.5. The highest BCUT2D eigenvalue weighted by Gasteiger charge is 2.23. The third-order valence-corrected chi connectivity index (χ3v) is 2.36. The minimum atomic E-state index is -4.43. The molecule has 0 aromatic carbocycles. The van der Waals surface area contributed by atoms with E-state index in [4.69, 9.17) is 9.66 Å². The van der Waals surface area contributed by atoms with Crippen LogP contribution in [0.1, 0.15) is 6.42 Å². The molecule has 4 N–H and O–H groups in total. The lowest BCUT2D eigenvalue weighted by Gasteiger charge is -2.13. The molecule has 0 saturated heterocycles. The first-order valence-corrected chi connectivity index (χ1v) is 6.01. The van der Waals surface area contributed by atoms with E-state index in [1.54, 1.807) is 0 Å². The van der Waals surface area contributed by atoms with Crippen molar-refractivity contribution in [2.45, 2.75) is 12.5 Å². The van der Waals surface area contributed by atoms with Crippen molar-refractivity contribution in [3.63, 3.8) is 0 Å². The highest BCUT2D eigenvalue weighted by atomic mass is 32.2. The van der Waals surface area contributed by atoms with Gasteiger partial charge in [0.2, 0.25) is 12.3 Å². The van der Waals surface area contributed by atoms with Crippen LogP contribution in [0.5, 0.6) is 0 Å². The summed E-state index contributed by atoms with van der Waals surface area (Å²) < 4.78 is 29.6. The van der Waals surface area contributed by atoms with E-state index in [2.05, 4.69) is 5.32 Å². The molecule has 0 heterocycles. The summed E-state index contributed by atoms with van der Waals surface area (Å²) in [5.41, 5.74) is 0.